The van der Waals surface area contributed by atoms with Gasteiger partial charge in [0.1, 0.15) is 21.7 Å². The van der Waals surface area contributed by atoms with Gasteiger partial charge in [0.05, 0.1) is 20.4 Å². The van der Waals surface area contributed by atoms with Crippen LogP contribution in [0.3, 0.4) is 0 Å². The molecule has 156 valence electrons. The Labute approximate surface area is 188 Å². The summed E-state index contributed by atoms with van der Waals surface area (Å²) in [5.74, 6) is 0.880. The van der Waals surface area contributed by atoms with Crippen LogP contribution in [0.4, 0.5) is 0 Å². The summed E-state index contributed by atoms with van der Waals surface area (Å²) in [4.78, 5) is 16.2. The molecular formula is C24H20BrN3O3. The fourth-order valence-corrected chi connectivity index (χ4v) is 3.96. The first kappa shape index (κ1) is 20.7. The van der Waals surface area contributed by atoms with Gasteiger partial charge in [0.25, 0.3) is 5.91 Å². The minimum absolute atomic E-state index is 0.331. The van der Waals surface area contributed by atoms with Crippen molar-refractivity contribution >= 4 is 39.0 Å². The van der Waals surface area contributed by atoms with Crippen LogP contribution in [0.15, 0.2) is 76.3 Å². The molecule has 0 radical (unpaired) electrons. The lowest BCUT2D eigenvalue weighted by Gasteiger charge is -2.09. The van der Waals surface area contributed by atoms with Gasteiger partial charge in [-0.25, -0.2) is 5.43 Å². The number of hydrogen-bond donors (Lipinski definition) is 2. The minimum atomic E-state index is -0.331. The third-order valence-corrected chi connectivity index (χ3v) is 5.62. The predicted molar refractivity (Wildman–Crippen MR) is 126 cm³/mol. The number of carbonyl (C=O) groups excluding carboxylic acids is 1. The number of para-hydroxylation sites is 1. The molecule has 0 aliphatic heterocycles. The number of amides is 1. The predicted octanol–water partition coefficient (Wildman–Crippen LogP) is 5.38. The van der Waals surface area contributed by atoms with Gasteiger partial charge in [-0.3, -0.25) is 4.79 Å². The van der Waals surface area contributed by atoms with Gasteiger partial charge < -0.3 is 14.5 Å². The second-order valence-corrected chi connectivity index (χ2v) is 7.52. The third kappa shape index (κ3) is 4.18. The quantitative estimate of drug-likeness (QED) is 0.289. The average Bonchev–Trinajstić information content (AvgIpc) is 3.20. The van der Waals surface area contributed by atoms with Crippen molar-refractivity contribution in [1.82, 2.24) is 10.4 Å². The molecule has 0 atom stereocenters. The van der Waals surface area contributed by atoms with E-state index in [-0.39, 0.29) is 5.91 Å². The lowest BCUT2D eigenvalue weighted by Crippen LogP contribution is -2.18. The van der Waals surface area contributed by atoms with Crippen molar-refractivity contribution in [2.24, 2.45) is 5.10 Å². The van der Waals surface area contributed by atoms with Crippen LogP contribution < -0.4 is 14.9 Å². The number of nitrogens with one attached hydrogen (secondary N) is 2. The summed E-state index contributed by atoms with van der Waals surface area (Å²) in [5, 5.41) is 5.11. The number of aromatic nitrogens is 1. The maximum Gasteiger partial charge on any atom is 0.288 e. The largest absolute Gasteiger partial charge is 0.495 e. The highest BCUT2D eigenvalue weighted by Gasteiger charge is 2.18. The summed E-state index contributed by atoms with van der Waals surface area (Å²) < 4.78 is 11.4. The topological polar surface area (TPSA) is 75.7 Å². The number of rotatable bonds is 6. The Bertz CT molecular complexity index is 1240. The molecule has 0 saturated heterocycles. The minimum Gasteiger partial charge on any atom is -0.495 e. The first-order chi connectivity index (χ1) is 15.1. The van der Waals surface area contributed by atoms with Gasteiger partial charge in [-0.2, -0.15) is 5.10 Å². The normalized spacial score (nSPS) is 11.1. The van der Waals surface area contributed by atoms with Crippen molar-refractivity contribution in [3.63, 3.8) is 0 Å². The summed E-state index contributed by atoms with van der Waals surface area (Å²) in [6, 6.07) is 21.2. The number of benzene rings is 3. The molecule has 2 N–H and O–H groups in total. The SMILES string of the molecule is COc1cc(C=NNC(=O)c2[nH]c3ccccc3c2-c2ccccc2)cc(OC)c1Br. The molecule has 0 saturated carbocycles. The monoisotopic (exact) mass is 477 g/mol. The second-order valence-electron chi connectivity index (χ2n) is 6.73. The van der Waals surface area contributed by atoms with Crippen molar-refractivity contribution in [1.29, 1.82) is 0 Å². The van der Waals surface area contributed by atoms with Gasteiger partial charge in [-0.05, 0) is 39.7 Å². The Morgan fingerprint density at radius 2 is 1.65 bits per heavy atom. The Morgan fingerprint density at radius 3 is 2.32 bits per heavy atom. The molecule has 0 aliphatic rings. The average molecular weight is 478 g/mol. The number of H-pyrrole nitrogens is 1. The van der Waals surface area contributed by atoms with E-state index in [1.54, 1.807) is 32.6 Å². The number of aromatic amines is 1. The summed E-state index contributed by atoms with van der Waals surface area (Å²) >= 11 is 3.44. The van der Waals surface area contributed by atoms with Crippen LogP contribution in [0.2, 0.25) is 0 Å². The summed E-state index contributed by atoms with van der Waals surface area (Å²) in [5.41, 5.74) is 6.47. The molecular weight excluding hydrogens is 458 g/mol. The molecule has 0 bridgehead atoms. The summed E-state index contributed by atoms with van der Waals surface area (Å²) in [6.07, 6.45) is 1.54. The van der Waals surface area contributed by atoms with E-state index in [4.69, 9.17) is 9.47 Å². The number of hydrogen-bond acceptors (Lipinski definition) is 4. The molecule has 1 amide bonds. The van der Waals surface area contributed by atoms with E-state index < -0.39 is 0 Å². The number of nitrogens with zero attached hydrogens (tertiary/aromatic N) is 1. The molecule has 1 heterocycles. The molecule has 4 aromatic rings. The molecule has 0 spiro atoms. The van der Waals surface area contributed by atoms with E-state index >= 15 is 0 Å². The number of fused-ring (bicyclic) bond motifs is 1. The van der Waals surface area contributed by atoms with Crippen molar-refractivity contribution in [3.8, 4) is 22.6 Å². The van der Waals surface area contributed by atoms with Gasteiger partial charge in [0.15, 0.2) is 0 Å². The standard InChI is InChI=1S/C24H20BrN3O3/c1-30-19-12-15(13-20(31-2)22(19)25)14-26-28-24(29)23-21(16-8-4-3-5-9-16)17-10-6-7-11-18(17)27-23/h3-14,27H,1-2H3,(H,28,29). The maximum absolute atomic E-state index is 13.0. The second kappa shape index (κ2) is 9.06. The van der Waals surface area contributed by atoms with Gasteiger partial charge in [0, 0.05) is 22.0 Å². The van der Waals surface area contributed by atoms with Gasteiger partial charge in [-0.15, -0.1) is 0 Å². The van der Waals surface area contributed by atoms with E-state index in [0.717, 1.165) is 27.6 Å². The summed E-state index contributed by atoms with van der Waals surface area (Å²) in [6.45, 7) is 0. The van der Waals surface area contributed by atoms with Crippen LogP contribution in [0, 0.1) is 0 Å². The Morgan fingerprint density at radius 1 is 1.00 bits per heavy atom. The van der Waals surface area contributed by atoms with Crippen molar-refractivity contribution in [2.45, 2.75) is 0 Å². The van der Waals surface area contributed by atoms with Crippen molar-refractivity contribution < 1.29 is 14.3 Å². The first-order valence-electron chi connectivity index (χ1n) is 9.53. The van der Waals surface area contributed by atoms with Crippen LogP contribution in [0.25, 0.3) is 22.0 Å². The number of halogens is 1. The third-order valence-electron chi connectivity index (χ3n) is 4.84. The van der Waals surface area contributed by atoms with E-state index in [1.807, 2.05) is 54.6 Å². The Kier molecular flexibility index (Phi) is 6.04. The van der Waals surface area contributed by atoms with Crippen molar-refractivity contribution in [2.75, 3.05) is 14.2 Å². The van der Waals surface area contributed by atoms with Crippen LogP contribution >= 0.6 is 15.9 Å². The van der Waals surface area contributed by atoms with Crippen LogP contribution in [-0.2, 0) is 0 Å². The van der Waals surface area contributed by atoms with Gasteiger partial charge >= 0.3 is 0 Å². The number of ether oxygens (including phenoxy) is 2. The lowest BCUT2D eigenvalue weighted by atomic mass is 10.0. The molecule has 7 heteroatoms. The zero-order valence-corrected chi connectivity index (χ0v) is 18.6. The van der Waals surface area contributed by atoms with Crippen LogP contribution in [-0.4, -0.2) is 31.3 Å². The van der Waals surface area contributed by atoms with E-state index in [2.05, 4.69) is 31.4 Å². The molecule has 0 fully saturated rings. The van der Waals surface area contributed by atoms with Crippen LogP contribution in [0.5, 0.6) is 11.5 Å². The fourth-order valence-electron chi connectivity index (χ4n) is 3.40. The fraction of sp³-hybridized carbons (Fsp3) is 0.0833. The Balaban J connectivity index is 1.64. The lowest BCUT2D eigenvalue weighted by molar-refractivity contribution is 0.0951. The molecule has 0 aliphatic carbocycles. The molecule has 4 rings (SSSR count). The smallest absolute Gasteiger partial charge is 0.288 e. The molecule has 1 aromatic heterocycles. The van der Waals surface area contributed by atoms with E-state index in [1.165, 1.54) is 0 Å². The number of hydrazone groups is 1. The Hall–Kier alpha value is -3.58. The number of carbonyl (C=O) groups is 1. The molecule has 6 nitrogen and oxygen atoms in total. The highest BCUT2D eigenvalue weighted by Crippen LogP contribution is 2.35. The van der Waals surface area contributed by atoms with E-state index in [0.29, 0.717) is 21.7 Å². The highest BCUT2D eigenvalue weighted by molar-refractivity contribution is 9.10. The maximum atomic E-state index is 13.0. The van der Waals surface area contributed by atoms with E-state index in [9.17, 15) is 4.79 Å². The highest BCUT2D eigenvalue weighted by atomic mass is 79.9. The van der Waals surface area contributed by atoms with Crippen molar-refractivity contribution in [3.05, 3.63) is 82.5 Å². The van der Waals surface area contributed by atoms with Crippen LogP contribution in [0.1, 0.15) is 16.1 Å². The first-order valence-corrected chi connectivity index (χ1v) is 10.3. The molecule has 31 heavy (non-hydrogen) atoms. The number of methoxy groups -OCH3 is 2. The summed E-state index contributed by atoms with van der Waals surface area (Å²) in [7, 11) is 3.15. The van der Waals surface area contributed by atoms with Gasteiger partial charge in [-0.1, -0.05) is 48.5 Å². The zero-order valence-electron chi connectivity index (χ0n) is 17.0. The van der Waals surface area contributed by atoms with Gasteiger partial charge in [0.2, 0.25) is 0 Å². The molecule has 3 aromatic carbocycles. The molecule has 0 unspecified atom stereocenters. The zero-order chi connectivity index (χ0) is 21.8.